The number of rotatable bonds is 3. The van der Waals surface area contributed by atoms with E-state index in [1.54, 1.807) is 4.68 Å². The first-order valence-corrected chi connectivity index (χ1v) is 7.12. The molecule has 3 N–H and O–H groups in total. The molecule has 0 atom stereocenters. The number of hydrogen-bond donors (Lipinski definition) is 2. The lowest BCUT2D eigenvalue weighted by atomic mass is 9.94. The molecule has 21 heavy (non-hydrogen) atoms. The van der Waals surface area contributed by atoms with E-state index in [1.165, 1.54) is 0 Å². The average Bonchev–Trinajstić information content (AvgIpc) is 3.21. The van der Waals surface area contributed by atoms with Gasteiger partial charge in [-0.25, -0.2) is 0 Å². The fraction of sp³-hybridized carbons (Fsp3) is 0.375. The third-order valence-electron chi connectivity index (χ3n) is 4.40. The molecule has 1 saturated carbocycles. The van der Waals surface area contributed by atoms with Gasteiger partial charge in [-0.2, -0.15) is 5.10 Å². The number of anilines is 2. The minimum atomic E-state index is -0.400. The summed E-state index contributed by atoms with van der Waals surface area (Å²) in [6.07, 6.45) is 1.75. The standard InChI is InChI=1S/C16H20N4O/c1-10-14(11(2)20(3)19-10)18-15(21)16(8-9-16)12-4-6-13(17)7-5-12/h4-7H,8-9,17H2,1-3H3,(H,18,21). The van der Waals surface area contributed by atoms with E-state index in [4.69, 9.17) is 5.73 Å². The molecule has 0 bridgehead atoms. The number of nitrogen functional groups attached to an aromatic ring is 1. The van der Waals surface area contributed by atoms with Crippen LogP contribution in [0.25, 0.3) is 0 Å². The highest BCUT2D eigenvalue weighted by Crippen LogP contribution is 2.49. The zero-order chi connectivity index (χ0) is 15.2. The first kappa shape index (κ1) is 13.7. The molecule has 0 saturated heterocycles. The van der Waals surface area contributed by atoms with Gasteiger partial charge in [0.2, 0.25) is 5.91 Å². The molecule has 1 aromatic carbocycles. The second-order valence-corrected chi connectivity index (χ2v) is 5.83. The van der Waals surface area contributed by atoms with Gasteiger partial charge in [-0.15, -0.1) is 0 Å². The lowest BCUT2D eigenvalue weighted by Gasteiger charge is -2.16. The Morgan fingerprint density at radius 1 is 1.29 bits per heavy atom. The maximum atomic E-state index is 12.7. The maximum absolute atomic E-state index is 12.7. The monoisotopic (exact) mass is 284 g/mol. The maximum Gasteiger partial charge on any atom is 0.235 e. The number of nitrogens with one attached hydrogen (secondary N) is 1. The summed E-state index contributed by atoms with van der Waals surface area (Å²) >= 11 is 0. The number of benzene rings is 1. The zero-order valence-corrected chi connectivity index (χ0v) is 12.6. The molecule has 1 aliphatic rings. The molecular weight excluding hydrogens is 264 g/mol. The van der Waals surface area contributed by atoms with Crippen molar-refractivity contribution in [1.29, 1.82) is 0 Å². The Hall–Kier alpha value is -2.30. The Morgan fingerprint density at radius 3 is 2.38 bits per heavy atom. The molecule has 1 aromatic heterocycles. The number of aryl methyl sites for hydroxylation is 2. The van der Waals surface area contributed by atoms with E-state index in [0.717, 1.165) is 35.5 Å². The molecule has 5 nitrogen and oxygen atoms in total. The number of carbonyl (C=O) groups excluding carboxylic acids is 1. The van der Waals surface area contributed by atoms with E-state index >= 15 is 0 Å². The molecule has 0 unspecified atom stereocenters. The van der Waals surface area contributed by atoms with E-state index in [1.807, 2.05) is 45.2 Å². The van der Waals surface area contributed by atoms with Gasteiger partial charge in [0.25, 0.3) is 0 Å². The Balaban J connectivity index is 1.87. The van der Waals surface area contributed by atoms with Crippen molar-refractivity contribution in [3.05, 3.63) is 41.2 Å². The fourth-order valence-electron chi connectivity index (χ4n) is 2.76. The first-order chi connectivity index (χ1) is 9.94. The van der Waals surface area contributed by atoms with E-state index in [-0.39, 0.29) is 5.91 Å². The third kappa shape index (κ3) is 2.18. The van der Waals surface area contributed by atoms with Gasteiger partial charge >= 0.3 is 0 Å². The van der Waals surface area contributed by atoms with Crippen LogP contribution in [0.3, 0.4) is 0 Å². The van der Waals surface area contributed by atoms with Gasteiger partial charge in [0.1, 0.15) is 0 Å². The third-order valence-corrected chi connectivity index (χ3v) is 4.40. The van der Waals surface area contributed by atoms with Crippen molar-refractivity contribution in [2.75, 3.05) is 11.1 Å². The summed E-state index contributed by atoms with van der Waals surface area (Å²) in [6.45, 7) is 3.86. The van der Waals surface area contributed by atoms with Gasteiger partial charge in [-0.3, -0.25) is 9.48 Å². The summed E-state index contributed by atoms with van der Waals surface area (Å²) in [5.74, 6) is 0.0477. The molecule has 0 aliphatic heterocycles. The minimum absolute atomic E-state index is 0.0477. The zero-order valence-electron chi connectivity index (χ0n) is 12.6. The van der Waals surface area contributed by atoms with Crippen LogP contribution in [0.5, 0.6) is 0 Å². The second-order valence-electron chi connectivity index (χ2n) is 5.83. The Bertz CT molecular complexity index is 696. The number of amides is 1. The lowest BCUT2D eigenvalue weighted by molar-refractivity contribution is -0.118. The number of aromatic nitrogens is 2. The molecule has 2 aromatic rings. The summed E-state index contributed by atoms with van der Waals surface area (Å²) < 4.78 is 1.79. The van der Waals surface area contributed by atoms with Crippen LogP contribution in [-0.2, 0) is 17.3 Å². The van der Waals surface area contributed by atoms with Crippen molar-refractivity contribution in [2.45, 2.75) is 32.1 Å². The molecule has 1 heterocycles. The van der Waals surface area contributed by atoms with Gasteiger partial charge in [-0.05, 0) is 44.4 Å². The number of nitrogens with two attached hydrogens (primary N) is 1. The largest absolute Gasteiger partial charge is 0.399 e. The highest BCUT2D eigenvalue weighted by molar-refractivity contribution is 6.02. The molecule has 1 amide bonds. The summed E-state index contributed by atoms with van der Waals surface area (Å²) in [4.78, 5) is 12.7. The van der Waals surface area contributed by atoms with Crippen LogP contribution in [0.4, 0.5) is 11.4 Å². The molecule has 0 spiro atoms. The highest BCUT2D eigenvalue weighted by atomic mass is 16.2. The summed E-state index contributed by atoms with van der Waals surface area (Å²) in [5, 5.41) is 7.40. The van der Waals surface area contributed by atoms with Crippen LogP contribution in [-0.4, -0.2) is 15.7 Å². The predicted molar refractivity (Wildman–Crippen MR) is 83.1 cm³/mol. The quantitative estimate of drug-likeness (QED) is 0.849. The second kappa shape index (κ2) is 4.62. The first-order valence-electron chi connectivity index (χ1n) is 7.12. The number of nitrogens with zero attached hydrogens (tertiary/aromatic N) is 2. The number of carbonyl (C=O) groups is 1. The van der Waals surface area contributed by atoms with Crippen molar-refractivity contribution in [3.63, 3.8) is 0 Å². The van der Waals surface area contributed by atoms with Crippen molar-refractivity contribution >= 4 is 17.3 Å². The van der Waals surface area contributed by atoms with Crippen LogP contribution in [0.15, 0.2) is 24.3 Å². The van der Waals surface area contributed by atoms with E-state index in [9.17, 15) is 4.79 Å². The number of hydrogen-bond acceptors (Lipinski definition) is 3. The fourth-order valence-corrected chi connectivity index (χ4v) is 2.76. The van der Waals surface area contributed by atoms with Gasteiger partial charge in [-0.1, -0.05) is 12.1 Å². The summed E-state index contributed by atoms with van der Waals surface area (Å²) in [6, 6.07) is 7.60. The van der Waals surface area contributed by atoms with E-state index in [0.29, 0.717) is 5.69 Å². The Labute approximate surface area is 124 Å². The predicted octanol–water partition coefficient (Wildman–Crippen LogP) is 2.29. The van der Waals surface area contributed by atoms with Crippen molar-refractivity contribution in [3.8, 4) is 0 Å². The van der Waals surface area contributed by atoms with Crippen LogP contribution in [0, 0.1) is 13.8 Å². The highest BCUT2D eigenvalue weighted by Gasteiger charge is 2.51. The molecule has 1 aliphatic carbocycles. The van der Waals surface area contributed by atoms with Crippen molar-refractivity contribution in [1.82, 2.24) is 9.78 Å². The minimum Gasteiger partial charge on any atom is -0.399 e. The van der Waals surface area contributed by atoms with Crippen molar-refractivity contribution in [2.24, 2.45) is 7.05 Å². The lowest BCUT2D eigenvalue weighted by Crippen LogP contribution is -2.28. The Morgan fingerprint density at radius 2 is 1.90 bits per heavy atom. The molecule has 1 fully saturated rings. The van der Waals surface area contributed by atoms with Gasteiger partial charge in [0.15, 0.2) is 0 Å². The SMILES string of the molecule is Cc1nn(C)c(C)c1NC(=O)C1(c2ccc(N)cc2)CC1. The molecule has 5 heteroatoms. The summed E-state index contributed by atoms with van der Waals surface area (Å²) in [5.41, 5.74) is 9.71. The van der Waals surface area contributed by atoms with E-state index in [2.05, 4.69) is 10.4 Å². The normalized spacial score (nSPS) is 15.8. The molecule has 110 valence electrons. The van der Waals surface area contributed by atoms with Gasteiger partial charge in [0.05, 0.1) is 22.5 Å². The molecule has 0 radical (unpaired) electrons. The Kier molecular flexibility index (Phi) is 3.01. The van der Waals surface area contributed by atoms with Gasteiger partial charge < -0.3 is 11.1 Å². The smallest absolute Gasteiger partial charge is 0.235 e. The topological polar surface area (TPSA) is 72.9 Å². The average molecular weight is 284 g/mol. The molecular formula is C16H20N4O. The summed E-state index contributed by atoms with van der Waals surface area (Å²) in [7, 11) is 1.88. The molecule has 3 rings (SSSR count). The van der Waals surface area contributed by atoms with Crippen LogP contribution in [0.1, 0.15) is 29.8 Å². The van der Waals surface area contributed by atoms with Crippen LogP contribution in [0.2, 0.25) is 0 Å². The van der Waals surface area contributed by atoms with Crippen LogP contribution < -0.4 is 11.1 Å². The van der Waals surface area contributed by atoms with Crippen LogP contribution >= 0.6 is 0 Å². The van der Waals surface area contributed by atoms with Gasteiger partial charge in [0, 0.05) is 12.7 Å². The van der Waals surface area contributed by atoms with Crippen molar-refractivity contribution < 1.29 is 4.79 Å². The van der Waals surface area contributed by atoms with E-state index < -0.39 is 5.41 Å².